The highest BCUT2D eigenvalue weighted by Crippen LogP contribution is 2.27. The van der Waals surface area contributed by atoms with Crippen LogP contribution in [-0.2, 0) is 10.1 Å². The number of para-hydroxylation sites is 1. The summed E-state index contributed by atoms with van der Waals surface area (Å²) in [6, 6.07) is 15.5. The zero-order valence-corrected chi connectivity index (χ0v) is 13.6. The van der Waals surface area contributed by atoms with Gasteiger partial charge >= 0.3 is 15.7 Å². The molecule has 124 valence electrons. The largest absolute Gasteiger partial charge is 0.423 e. The first kappa shape index (κ1) is 15.3. The lowest BCUT2D eigenvalue weighted by Gasteiger charge is -2.09. The number of aromatic nitrogens is 1. The molecule has 0 amide bonds. The van der Waals surface area contributed by atoms with Gasteiger partial charge in [0.15, 0.2) is 5.75 Å². The standard InChI is InChI=1S/C18H11NO5S/c20-17-9-6-13-11-14(7-8-15(13)23-17)25(21,22)24-16-5-1-3-12-4-2-10-19-18(12)16/h1-11H. The van der Waals surface area contributed by atoms with Gasteiger partial charge in [-0.05, 0) is 36.4 Å². The van der Waals surface area contributed by atoms with E-state index in [1.54, 1.807) is 24.4 Å². The molecule has 0 saturated heterocycles. The Hall–Kier alpha value is -3.19. The number of pyridine rings is 1. The molecule has 6 nitrogen and oxygen atoms in total. The van der Waals surface area contributed by atoms with Gasteiger partial charge in [0.2, 0.25) is 0 Å². The Bertz CT molecular complexity index is 1260. The summed E-state index contributed by atoms with van der Waals surface area (Å²) >= 11 is 0. The van der Waals surface area contributed by atoms with Gasteiger partial charge in [0.1, 0.15) is 16.0 Å². The Balaban J connectivity index is 1.79. The zero-order chi connectivity index (χ0) is 17.4. The fourth-order valence-electron chi connectivity index (χ4n) is 2.52. The summed E-state index contributed by atoms with van der Waals surface area (Å²) in [5, 5.41) is 1.26. The van der Waals surface area contributed by atoms with Crippen LogP contribution in [0.1, 0.15) is 0 Å². The van der Waals surface area contributed by atoms with Crippen LogP contribution < -0.4 is 9.81 Å². The first-order valence-corrected chi connectivity index (χ1v) is 8.76. The van der Waals surface area contributed by atoms with Gasteiger partial charge in [0, 0.05) is 23.0 Å². The highest BCUT2D eigenvalue weighted by molar-refractivity contribution is 7.87. The topological polar surface area (TPSA) is 86.5 Å². The van der Waals surface area contributed by atoms with Crippen molar-refractivity contribution >= 4 is 32.0 Å². The molecule has 0 aliphatic rings. The molecular formula is C18H11NO5S. The van der Waals surface area contributed by atoms with E-state index in [1.807, 2.05) is 12.1 Å². The third-order valence-electron chi connectivity index (χ3n) is 3.67. The molecule has 0 aliphatic carbocycles. The molecule has 0 saturated carbocycles. The minimum Gasteiger partial charge on any atom is -0.423 e. The Labute approximate surface area is 142 Å². The number of fused-ring (bicyclic) bond motifs is 2. The normalized spacial score (nSPS) is 11.7. The van der Waals surface area contributed by atoms with Crippen molar-refractivity contribution in [2.45, 2.75) is 4.90 Å². The summed E-state index contributed by atoms with van der Waals surface area (Å²) in [5.74, 6) is 0.151. The molecule has 25 heavy (non-hydrogen) atoms. The van der Waals surface area contributed by atoms with Crippen LogP contribution in [0.25, 0.3) is 21.9 Å². The third kappa shape index (κ3) is 2.85. The van der Waals surface area contributed by atoms with Crippen LogP contribution in [0.5, 0.6) is 5.75 Å². The smallest absolute Gasteiger partial charge is 0.339 e. The van der Waals surface area contributed by atoms with Gasteiger partial charge in [-0.15, -0.1) is 0 Å². The number of hydrogen-bond donors (Lipinski definition) is 0. The number of hydrogen-bond acceptors (Lipinski definition) is 6. The molecular weight excluding hydrogens is 342 g/mol. The second-order valence-electron chi connectivity index (χ2n) is 5.32. The van der Waals surface area contributed by atoms with E-state index in [0.29, 0.717) is 16.5 Å². The van der Waals surface area contributed by atoms with Gasteiger partial charge in [0.05, 0.1) is 0 Å². The fourth-order valence-corrected chi connectivity index (χ4v) is 3.49. The minimum absolute atomic E-state index is 0.0400. The molecule has 0 atom stereocenters. The van der Waals surface area contributed by atoms with E-state index in [0.717, 1.165) is 5.39 Å². The van der Waals surface area contributed by atoms with Gasteiger partial charge in [-0.2, -0.15) is 8.42 Å². The monoisotopic (exact) mass is 353 g/mol. The van der Waals surface area contributed by atoms with Crippen LogP contribution in [0, 0.1) is 0 Å². The molecule has 2 aromatic carbocycles. The molecule has 0 fully saturated rings. The Morgan fingerprint density at radius 1 is 0.920 bits per heavy atom. The predicted molar refractivity (Wildman–Crippen MR) is 92.0 cm³/mol. The molecule has 0 spiro atoms. The van der Waals surface area contributed by atoms with Gasteiger partial charge in [-0.3, -0.25) is 4.98 Å². The van der Waals surface area contributed by atoms with Crippen molar-refractivity contribution in [2.75, 3.05) is 0 Å². The van der Waals surface area contributed by atoms with Crippen LogP contribution in [0.15, 0.2) is 81.0 Å². The van der Waals surface area contributed by atoms with Crippen molar-refractivity contribution in [1.82, 2.24) is 4.98 Å². The van der Waals surface area contributed by atoms with Crippen LogP contribution in [0.4, 0.5) is 0 Å². The van der Waals surface area contributed by atoms with Gasteiger partial charge < -0.3 is 8.60 Å². The third-order valence-corrected chi connectivity index (χ3v) is 4.90. The van der Waals surface area contributed by atoms with E-state index in [2.05, 4.69) is 4.98 Å². The molecule has 0 radical (unpaired) electrons. The van der Waals surface area contributed by atoms with E-state index in [4.69, 9.17) is 8.60 Å². The average Bonchev–Trinajstić information content (AvgIpc) is 2.61. The zero-order valence-electron chi connectivity index (χ0n) is 12.7. The fraction of sp³-hybridized carbons (Fsp3) is 0. The number of rotatable bonds is 3. The van der Waals surface area contributed by atoms with E-state index >= 15 is 0 Å². The SMILES string of the molecule is O=c1ccc2cc(S(=O)(=O)Oc3cccc4cccnc34)ccc2o1. The van der Waals surface area contributed by atoms with Crippen LogP contribution in [0.3, 0.4) is 0 Å². The highest BCUT2D eigenvalue weighted by atomic mass is 32.2. The van der Waals surface area contributed by atoms with Crippen molar-refractivity contribution < 1.29 is 17.0 Å². The Morgan fingerprint density at radius 3 is 2.64 bits per heavy atom. The first-order chi connectivity index (χ1) is 12.0. The maximum absolute atomic E-state index is 12.6. The molecule has 2 heterocycles. The molecule has 2 aromatic heterocycles. The molecule has 0 unspecified atom stereocenters. The van der Waals surface area contributed by atoms with Crippen LogP contribution >= 0.6 is 0 Å². The maximum Gasteiger partial charge on any atom is 0.339 e. The van der Waals surface area contributed by atoms with Crippen molar-refractivity contribution in [3.63, 3.8) is 0 Å². The van der Waals surface area contributed by atoms with Gasteiger partial charge in [-0.1, -0.05) is 18.2 Å². The summed E-state index contributed by atoms with van der Waals surface area (Å²) in [6.07, 6.45) is 1.57. The molecule has 0 aliphatic heterocycles. The first-order valence-electron chi connectivity index (χ1n) is 7.35. The minimum atomic E-state index is -4.07. The van der Waals surface area contributed by atoms with Gasteiger partial charge in [0.25, 0.3) is 0 Å². The molecule has 4 rings (SSSR count). The van der Waals surface area contributed by atoms with E-state index in [-0.39, 0.29) is 10.6 Å². The second-order valence-corrected chi connectivity index (χ2v) is 6.87. The lowest BCUT2D eigenvalue weighted by atomic mass is 10.2. The predicted octanol–water partition coefficient (Wildman–Crippen LogP) is 3.11. The molecule has 4 aromatic rings. The maximum atomic E-state index is 12.6. The summed E-state index contributed by atoms with van der Waals surface area (Å²) in [7, 11) is -4.07. The lowest BCUT2D eigenvalue weighted by molar-refractivity contribution is 0.488. The highest BCUT2D eigenvalue weighted by Gasteiger charge is 2.19. The van der Waals surface area contributed by atoms with Gasteiger partial charge in [-0.25, -0.2) is 4.79 Å². The Morgan fingerprint density at radius 2 is 1.76 bits per heavy atom. The van der Waals surface area contributed by atoms with Crippen LogP contribution in [0.2, 0.25) is 0 Å². The molecule has 0 bridgehead atoms. The lowest BCUT2D eigenvalue weighted by Crippen LogP contribution is -2.10. The van der Waals surface area contributed by atoms with Crippen molar-refractivity contribution in [3.8, 4) is 5.75 Å². The summed E-state index contributed by atoms with van der Waals surface area (Å²) in [5.41, 5.74) is 0.264. The molecule has 7 heteroatoms. The second kappa shape index (κ2) is 5.71. The molecule has 0 N–H and O–H groups in total. The summed E-state index contributed by atoms with van der Waals surface area (Å²) in [6.45, 7) is 0. The summed E-state index contributed by atoms with van der Waals surface area (Å²) in [4.78, 5) is 15.4. The number of benzene rings is 2. The van der Waals surface area contributed by atoms with E-state index in [9.17, 15) is 13.2 Å². The quantitative estimate of drug-likeness (QED) is 0.415. The van der Waals surface area contributed by atoms with Crippen molar-refractivity contribution in [1.29, 1.82) is 0 Å². The van der Waals surface area contributed by atoms with Crippen LogP contribution in [-0.4, -0.2) is 13.4 Å². The average molecular weight is 353 g/mol. The van der Waals surface area contributed by atoms with E-state index in [1.165, 1.54) is 30.3 Å². The number of nitrogens with zero attached hydrogens (tertiary/aromatic N) is 1. The van der Waals surface area contributed by atoms with E-state index < -0.39 is 15.7 Å². The Kier molecular flexibility index (Phi) is 3.51. The summed E-state index contributed by atoms with van der Waals surface area (Å²) < 4.78 is 35.5. The van der Waals surface area contributed by atoms with Crippen molar-refractivity contribution in [3.05, 3.63) is 77.3 Å². The van der Waals surface area contributed by atoms with Crippen molar-refractivity contribution in [2.24, 2.45) is 0 Å².